The molecular weight excluding hydrogens is 536 g/mol. The van der Waals surface area contributed by atoms with Gasteiger partial charge in [-0.1, -0.05) is 62.8 Å². The summed E-state index contributed by atoms with van der Waals surface area (Å²) < 4.78 is 5.00. The first-order valence-electron chi connectivity index (χ1n) is 15.2. The SMILES string of the molecule is C=CCCCCOC(=O)[C@@H]1[C@H]2C(=O)N([C@@H](CO)Cc3ccccc3)C(C(=O)N(CC=C)CCCC)C23S[C@@H]1CC3C. The summed E-state index contributed by atoms with van der Waals surface area (Å²) in [4.78, 5) is 46.1. The van der Waals surface area contributed by atoms with Crippen LogP contribution in [0.1, 0.15) is 57.9 Å². The first-order valence-corrected chi connectivity index (χ1v) is 16.1. The van der Waals surface area contributed by atoms with Gasteiger partial charge in [0.25, 0.3) is 0 Å². The molecule has 0 radical (unpaired) electrons. The van der Waals surface area contributed by atoms with Gasteiger partial charge in [-0.25, -0.2) is 0 Å². The maximum atomic E-state index is 14.6. The Bertz CT molecular complexity index is 1100. The van der Waals surface area contributed by atoms with E-state index in [1.54, 1.807) is 27.6 Å². The van der Waals surface area contributed by atoms with Gasteiger partial charge in [-0.2, -0.15) is 0 Å². The highest BCUT2D eigenvalue weighted by Crippen LogP contribution is 2.69. The molecule has 1 N–H and O–H groups in total. The molecule has 3 saturated heterocycles. The third kappa shape index (κ3) is 6.00. The summed E-state index contributed by atoms with van der Waals surface area (Å²) in [6, 6.07) is 8.39. The molecule has 0 aromatic heterocycles. The van der Waals surface area contributed by atoms with Crippen molar-refractivity contribution in [1.29, 1.82) is 0 Å². The van der Waals surface area contributed by atoms with E-state index in [9.17, 15) is 19.5 Å². The van der Waals surface area contributed by atoms with Crippen molar-refractivity contribution in [3.63, 3.8) is 0 Å². The van der Waals surface area contributed by atoms with Crippen LogP contribution < -0.4 is 0 Å². The normalized spacial score (nSPS) is 28.8. The zero-order chi connectivity index (χ0) is 29.6. The molecule has 41 heavy (non-hydrogen) atoms. The molecule has 4 rings (SSSR count). The molecule has 8 heteroatoms. The lowest BCUT2D eigenvalue weighted by atomic mass is 9.66. The summed E-state index contributed by atoms with van der Waals surface area (Å²) in [5.41, 5.74) is 0.981. The van der Waals surface area contributed by atoms with Gasteiger partial charge in [0.05, 0.1) is 35.8 Å². The average Bonchev–Trinajstić information content (AvgIpc) is 3.57. The third-order valence-corrected chi connectivity index (χ3v) is 11.2. The van der Waals surface area contributed by atoms with Crippen molar-refractivity contribution in [1.82, 2.24) is 9.80 Å². The first kappa shape index (κ1) is 31.4. The first-order chi connectivity index (χ1) is 19.8. The number of thioether (sulfide) groups is 1. The van der Waals surface area contributed by atoms with Gasteiger partial charge in [0.1, 0.15) is 6.04 Å². The summed E-state index contributed by atoms with van der Waals surface area (Å²) in [5, 5.41) is 10.6. The minimum atomic E-state index is -0.770. The number of hydrogen-bond acceptors (Lipinski definition) is 6. The number of rotatable bonds is 16. The lowest BCUT2D eigenvalue weighted by molar-refractivity contribution is -0.155. The van der Waals surface area contributed by atoms with E-state index in [1.165, 1.54) is 0 Å². The maximum absolute atomic E-state index is 14.6. The molecule has 0 saturated carbocycles. The van der Waals surface area contributed by atoms with Crippen LogP contribution in [-0.4, -0.2) is 81.1 Å². The van der Waals surface area contributed by atoms with Crippen LogP contribution in [0.25, 0.3) is 0 Å². The Morgan fingerprint density at radius 3 is 2.63 bits per heavy atom. The number of esters is 1. The third-order valence-electron chi connectivity index (χ3n) is 9.10. The predicted octanol–water partition coefficient (Wildman–Crippen LogP) is 4.64. The number of likely N-dealkylation sites (tertiary alicyclic amines) is 1. The van der Waals surface area contributed by atoms with E-state index in [0.29, 0.717) is 26.1 Å². The number of benzene rings is 1. The van der Waals surface area contributed by atoms with Crippen LogP contribution in [0.3, 0.4) is 0 Å². The lowest BCUT2D eigenvalue weighted by Crippen LogP contribution is -2.59. The van der Waals surface area contributed by atoms with Crippen molar-refractivity contribution in [3.8, 4) is 0 Å². The quantitative estimate of drug-likeness (QED) is 0.174. The van der Waals surface area contributed by atoms with E-state index in [0.717, 1.165) is 44.1 Å². The van der Waals surface area contributed by atoms with E-state index in [4.69, 9.17) is 4.74 Å². The topological polar surface area (TPSA) is 87.1 Å². The summed E-state index contributed by atoms with van der Waals surface area (Å²) >= 11 is 1.65. The maximum Gasteiger partial charge on any atom is 0.310 e. The molecule has 1 aromatic rings. The fourth-order valence-corrected chi connectivity index (χ4v) is 9.56. The fraction of sp³-hybridized carbons (Fsp3) is 0.606. The second kappa shape index (κ2) is 14.1. The molecule has 2 bridgehead atoms. The summed E-state index contributed by atoms with van der Waals surface area (Å²) in [5.74, 6) is -1.85. The molecule has 3 aliphatic heterocycles. The van der Waals surface area contributed by atoms with Crippen LogP contribution in [0.4, 0.5) is 0 Å². The molecule has 1 spiro atoms. The van der Waals surface area contributed by atoms with Crippen LogP contribution in [0, 0.1) is 17.8 Å². The predicted molar refractivity (Wildman–Crippen MR) is 163 cm³/mol. The second-order valence-electron chi connectivity index (χ2n) is 11.7. The van der Waals surface area contributed by atoms with Crippen molar-refractivity contribution in [2.75, 3.05) is 26.3 Å². The number of aliphatic hydroxyl groups excluding tert-OH is 1. The van der Waals surface area contributed by atoms with E-state index in [-0.39, 0.29) is 35.6 Å². The number of hydrogen-bond donors (Lipinski definition) is 1. The van der Waals surface area contributed by atoms with Gasteiger partial charge in [0.15, 0.2) is 0 Å². The monoisotopic (exact) mass is 582 g/mol. The van der Waals surface area contributed by atoms with Gasteiger partial charge < -0.3 is 19.6 Å². The Morgan fingerprint density at radius 1 is 1.22 bits per heavy atom. The molecule has 1 aromatic carbocycles. The van der Waals surface area contributed by atoms with Crippen molar-refractivity contribution in [3.05, 3.63) is 61.2 Å². The number of allylic oxidation sites excluding steroid dienone is 1. The number of nitrogens with zero attached hydrogens (tertiary/aromatic N) is 2. The van der Waals surface area contributed by atoms with Gasteiger partial charge in [-0.3, -0.25) is 14.4 Å². The highest BCUT2D eigenvalue weighted by atomic mass is 32.2. The molecule has 7 atom stereocenters. The molecule has 2 amide bonds. The zero-order valence-electron chi connectivity index (χ0n) is 24.6. The number of ether oxygens (including phenoxy) is 1. The number of carbonyl (C=O) groups is 3. The lowest BCUT2D eigenvalue weighted by Gasteiger charge is -2.42. The molecule has 7 nitrogen and oxygen atoms in total. The van der Waals surface area contributed by atoms with Crippen LogP contribution in [0.15, 0.2) is 55.6 Å². The van der Waals surface area contributed by atoms with Crippen LogP contribution in [-0.2, 0) is 25.5 Å². The average molecular weight is 583 g/mol. The molecule has 3 unspecified atom stereocenters. The number of unbranched alkanes of at least 4 members (excludes halogenated alkanes) is 3. The van der Waals surface area contributed by atoms with Gasteiger partial charge in [-0.05, 0) is 50.0 Å². The Morgan fingerprint density at radius 2 is 1.98 bits per heavy atom. The molecule has 3 aliphatic rings. The van der Waals surface area contributed by atoms with E-state index >= 15 is 0 Å². The van der Waals surface area contributed by atoms with E-state index in [2.05, 4.69) is 27.0 Å². The molecule has 224 valence electrons. The Balaban J connectivity index is 1.72. The Hall–Kier alpha value is -2.58. The number of amides is 2. The largest absolute Gasteiger partial charge is 0.465 e. The van der Waals surface area contributed by atoms with E-state index < -0.39 is 28.7 Å². The van der Waals surface area contributed by atoms with Gasteiger partial charge in [0.2, 0.25) is 11.8 Å². The Labute approximate surface area is 249 Å². The fourth-order valence-electron chi connectivity index (χ4n) is 7.17. The van der Waals surface area contributed by atoms with Crippen molar-refractivity contribution in [2.24, 2.45) is 17.8 Å². The molecule has 3 heterocycles. The minimum absolute atomic E-state index is 0.0508. The number of aliphatic hydroxyl groups is 1. The summed E-state index contributed by atoms with van der Waals surface area (Å²) in [6.45, 7) is 12.8. The minimum Gasteiger partial charge on any atom is -0.465 e. The molecular formula is C33H46N2O5S. The van der Waals surface area contributed by atoms with Gasteiger partial charge in [-0.15, -0.1) is 24.9 Å². The van der Waals surface area contributed by atoms with Crippen molar-refractivity contribution in [2.45, 2.75) is 80.9 Å². The highest BCUT2D eigenvalue weighted by Gasteiger charge is 2.77. The second-order valence-corrected chi connectivity index (χ2v) is 13.3. The molecule has 0 aliphatic carbocycles. The van der Waals surface area contributed by atoms with E-state index in [1.807, 2.05) is 36.4 Å². The summed E-state index contributed by atoms with van der Waals surface area (Å²) in [7, 11) is 0. The Kier molecular flexibility index (Phi) is 10.8. The van der Waals surface area contributed by atoms with Crippen LogP contribution in [0.5, 0.6) is 0 Å². The van der Waals surface area contributed by atoms with Crippen LogP contribution >= 0.6 is 11.8 Å². The number of fused-ring (bicyclic) bond motifs is 1. The van der Waals surface area contributed by atoms with Crippen LogP contribution in [0.2, 0.25) is 0 Å². The van der Waals surface area contributed by atoms with Crippen molar-refractivity contribution < 1.29 is 24.2 Å². The van der Waals surface area contributed by atoms with Crippen molar-refractivity contribution >= 4 is 29.5 Å². The van der Waals surface area contributed by atoms with Gasteiger partial charge >= 0.3 is 5.97 Å². The number of carbonyl (C=O) groups excluding carboxylic acids is 3. The standard InChI is InChI=1S/C33H46N2O5S/c1-5-8-10-14-19-40-32(39)27-26-20-23(4)33(41-26)28(27)30(37)35(25(22-36)21-24-15-12-11-13-16-24)29(33)31(38)34(17-7-3)18-9-6-2/h5,7,11-13,15-16,23,25-29,36H,1,3,6,8-10,14,17-22H2,2,4H3/t23?,25-,26-,27+,28+,29?,33?/m1/s1. The zero-order valence-corrected chi connectivity index (χ0v) is 25.4. The molecule has 3 fully saturated rings. The summed E-state index contributed by atoms with van der Waals surface area (Å²) in [6.07, 6.45) is 9.03. The highest BCUT2D eigenvalue weighted by molar-refractivity contribution is 8.02. The smallest absolute Gasteiger partial charge is 0.310 e. The van der Waals surface area contributed by atoms with Gasteiger partial charge in [0, 0.05) is 18.3 Å².